The van der Waals surface area contributed by atoms with Crippen LogP contribution in [0, 0.1) is 11.2 Å². The number of benzene rings is 1. The van der Waals surface area contributed by atoms with Crippen molar-refractivity contribution >= 4 is 29.2 Å². The maximum absolute atomic E-state index is 14.8. The summed E-state index contributed by atoms with van der Waals surface area (Å²) in [6.45, 7) is 5.30. The Labute approximate surface area is 158 Å². The van der Waals surface area contributed by atoms with E-state index >= 15 is 0 Å². The molecule has 0 bridgehead atoms. The maximum atomic E-state index is 14.8. The van der Waals surface area contributed by atoms with E-state index in [1.807, 2.05) is 0 Å². The zero-order chi connectivity index (χ0) is 19.3. The van der Waals surface area contributed by atoms with Gasteiger partial charge in [-0.1, -0.05) is 0 Å². The van der Waals surface area contributed by atoms with Gasteiger partial charge in [-0.2, -0.15) is 0 Å². The van der Waals surface area contributed by atoms with Crippen LogP contribution in [0.5, 0.6) is 0 Å². The van der Waals surface area contributed by atoms with Crippen molar-refractivity contribution in [2.24, 2.45) is 16.1 Å². The number of alkyl halides is 1. The second-order valence-electron chi connectivity index (χ2n) is 7.92. The largest absolute Gasteiger partial charge is 0.381 e. The third-order valence-corrected chi connectivity index (χ3v) is 6.54. The van der Waals surface area contributed by atoms with Crippen LogP contribution in [-0.4, -0.2) is 35.2 Å². The van der Waals surface area contributed by atoms with E-state index in [1.54, 1.807) is 40.0 Å². The molecule has 0 saturated heterocycles. The molecule has 0 aromatic heterocycles. The highest BCUT2D eigenvalue weighted by Crippen LogP contribution is 2.47. The van der Waals surface area contributed by atoms with Crippen LogP contribution in [-0.2, 0) is 10.3 Å². The number of amides is 1. The van der Waals surface area contributed by atoms with Crippen LogP contribution < -0.4 is 11.1 Å². The van der Waals surface area contributed by atoms with Crippen molar-refractivity contribution in [1.29, 1.82) is 0 Å². The van der Waals surface area contributed by atoms with E-state index < -0.39 is 16.8 Å². The molecule has 1 fully saturated rings. The molecule has 1 aromatic rings. The van der Waals surface area contributed by atoms with E-state index in [1.165, 1.54) is 11.0 Å². The molecule has 142 valence electrons. The van der Waals surface area contributed by atoms with Gasteiger partial charge in [-0.25, -0.2) is 9.38 Å². The molecule has 3 rings (SSSR count). The van der Waals surface area contributed by atoms with Crippen molar-refractivity contribution in [2.75, 3.05) is 12.4 Å². The quantitative estimate of drug-likeness (QED) is 0.789. The van der Waals surface area contributed by atoms with Gasteiger partial charge in [0.1, 0.15) is 11.4 Å². The highest BCUT2D eigenvalue weighted by molar-refractivity contribution is 6.21. The zero-order valence-electron chi connectivity index (χ0n) is 15.6. The molecule has 1 saturated carbocycles. The maximum Gasteiger partial charge on any atom is 0.237 e. The summed E-state index contributed by atoms with van der Waals surface area (Å²) in [5.41, 5.74) is 5.00. The van der Waals surface area contributed by atoms with Gasteiger partial charge in [-0.15, -0.1) is 11.6 Å². The number of anilines is 1. The molecule has 1 amide bonds. The van der Waals surface area contributed by atoms with E-state index in [0.717, 1.165) is 24.9 Å². The first-order chi connectivity index (χ1) is 12.1. The molecule has 2 unspecified atom stereocenters. The number of nitrogens with zero attached hydrogens (tertiary/aromatic N) is 2. The number of guanidine groups is 1. The molecule has 26 heavy (non-hydrogen) atoms. The molecule has 3 atom stereocenters. The average molecular weight is 381 g/mol. The summed E-state index contributed by atoms with van der Waals surface area (Å²) in [5, 5.41) is 3.46. The van der Waals surface area contributed by atoms with Gasteiger partial charge >= 0.3 is 0 Å². The molecule has 5 nitrogen and oxygen atoms in total. The minimum Gasteiger partial charge on any atom is -0.381 e. The lowest BCUT2D eigenvalue weighted by Crippen LogP contribution is -2.58. The van der Waals surface area contributed by atoms with Gasteiger partial charge in [0.15, 0.2) is 5.96 Å². The van der Waals surface area contributed by atoms with Crippen molar-refractivity contribution in [3.63, 3.8) is 0 Å². The molecule has 0 spiro atoms. The van der Waals surface area contributed by atoms with Crippen molar-refractivity contribution in [3.05, 3.63) is 29.6 Å². The number of halogens is 2. The minimum absolute atomic E-state index is 0.0640. The van der Waals surface area contributed by atoms with Crippen molar-refractivity contribution < 1.29 is 9.18 Å². The fourth-order valence-electron chi connectivity index (χ4n) is 3.85. The van der Waals surface area contributed by atoms with Crippen LogP contribution in [0.3, 0.4) is 0 Å². The van der Waals surface area contributed by atoms with Crippen LogP contribution in [0.25, 0.3) is 0 Å². The summed E-state index contributed by atoms with van der Waals surface area (Å²) < 4.78 is 14.8. The Morgan fingerprint density at radius 1 is 1.35 bits per heavy atom. The molecule has 1 heterocycles. The van der Waals surface area contributed by atoms with Gasteiger partial charge in [0.25, 0.3) is 0 Å². The lowest BCUT2D eigenvalue weighted by Gasteiger charge is -2.46. The van der Waals surface area contributed by atoms with E-state index in [2.05, 4.69) is 10.3 Å². The third kappa shape index (κ3) is 2.84. The third-order valence-electron chi connectivity index (χ3n) is 6.01. The number of nitrogens with two attached hydrogens (primary N) is 1. The van der Waals surface area contributed by atoms with Crippen LogP contribution in [0.2, 0.25) is 0 Å². The molecule has 7 heteroatoms. The summed E-state index contributed by atoms with van der Waals surface area (Å²) in [4.78, 5) is 18.6. The van der Waals surface area contributed by atoms with E-state index in [9.17, 15) is 9.18 Å². The van der Waals surface area contributed by atoms with Crippen LogP contribution in [0.4, 0.5) is 10.1 Å². The Bertz CT molecular complexity index is 766. The lowest BCUT2D eigenvalue weighted by molar-refractivity contribution is -0.140. The summed E-state index contributed by atoms with van der Waals surface area (Å²) in [6.07, 6.45) is 3.03. The Morgan fingerprint density at radius 3 is 2.65 bits per heavy atom. The fraction of sp³-hybridized carbons (Fsp3) is 0.579. The molecule has 1 aromatic carbocycles. The Balaban J connectivity index is 2.04. The van der Waals surface area contributed by atoms with Gasteiger partial charge < -0.3 is 11.1 Å². The first-order valence-corrected chi connectivity index (χ1v) is 9.35. The smallest absolute Gasteiger partial charge is 0.237 e. The first-order valence-electron chi connectivity index (χ1n) is 8.92. The highest BCUT2D eigenvalue weighted by Gasteiger charge is 2.53. The van der Waals surface area contributed by atoms with Crippen molar-refractivity contribution in [2.45, 2.75) is 57.0 Å². The molecule has 1 aliphatic carbocycles. The summed E-state index contributed by atoms with van der Waals surface area (Å²) >= 11 is 6.35. The average Bonchev–Trinajstić information content (AvgIpc) is 2.98. The second-order valence-corrected chi connectivity index (χ2v) is 8.48. The van der Waals surface area contributed by atoms with Gasteiger partial charge in [0, 0.05) is 24.3 Å². The molecule has 0 radical (unpaired) electrons. The SMILES string of the molecule is CN1C(=O)C(C)(C)[C@@](C)(c2cc(NC3CCCC3Cl)ccc2F)N=C1N. The first kappa shape index (κ1) is 19.0. The summed E-state index contributed by atoms with van der Waals surface area (Å²) in [5.74, 6) is -0.512. The minimum atomic E-state index is -1.11. The predicted octanol–water partition coefficient (Wildman–Crippen LogP) is 3.43. The van der Waals surface area contributed by atoms with Crippen LogP contribution in [0.1, 0.15) is 45.6 Å². The summed E-state index contributed by atoms with van der Waals surface area (Å²) in [7, 11) is 1.58. The van der Waals surface area contributed by atoms with E-state index in [4.69, 9.17) is 17.3 Å². The van der Waals surface area contributed by atoms with E-state index in [0.29, 0.717) is 5.56 Å². The summed E-state index contributed by atoms with van der Waals surface area (Å²) in [6, 6.07) is 4.99. The predicted molar refractivity (Wildman–Crippen MR) is 103 cm³/mol. The van der Waals surface area contributed by atoms with E-state index in [-0.39, 0.29) is 23.3 Å². The Kier molecular flexibility index (Phi) is 4.67. The number of hydrogen-bond acceptors (Lipinski definition) is 4. The molecule has 3 N–H and O–H groups in total. The van der Waals surface area contributed by atoms with Gasteiger partial charge in [0.2, 0.25) is 5.91 Å². The van der Waals surface area contributed by atoms with Crippen LogP contribution in [0.15, 0.2) is 23.2 Å². The lowest BCUT2D eigenvalue weighted by atomic mass is 9.67. The molecular formula is C19H26ClFN4O. The van der Waals surface area contributed by atoms with Gasteiger partial charge in [-0.05, 0) is 58.2 Å². The van der Waals surface area contributed by atoms with Crippen LogP contribution >= 0.6 is 11.6 Å². The zero-order valence-corrected chi connectivity index (χ0v) is 16.4. The number of hydrogen-bond donors (Lipinski definition) is 2. The fourth-order valence-corrected chi connectivity index (χ4v) is 4.20. The molecule has 2 aliphatic rings. The standard InChI is InChI=1S/C19H26ClFN4O/c1-18(2)16(26)25(4)17(22)24-19(18,3)12-10-11(8-9-14(12)21)23-15-7-5-6-13(15)20/h8-10,13,15,23H,5-7H2,1-4H3,(H2,22,24)/t13?,15?,19-/m1/s1. The molecular weight excluding hydrogens is 355 g/mol. The Hall–Kier alpha value is -1.82. The monoisotopic (exact) mass is 380 g/mol. The number of aliphatic imine (C=N–C) groups is 1. The van der Waals surface area contributed by atoms with Gasteiger partial charge in [0.05, 0.1) is 10.8 Å². The van der Waals surface area contributed by atoms with Crippen molar-refractivity contribution in [1.82, 2.24) is 4.90 Å². The molecule has 1 aliphatic heterocycles. The number of carbonyl (C=O) groups is 1. The number of carbonyl (C=O) groups excluding carboxylic acids is 1. The topological polar surface area (TPSA) is 70.7 Å². The van der Waals surface area contributed by atoms with Gasteiger partial charge in [-0.3, -0.25) is 9.69 Å². The normalized spacial score (nSPS) is 31.1. The second kappa shape index (κ2) is 6.41. The Morgan fingerprint density at radius 2 is 2.04 bits per heavy atom. The van der Waals surface area contributed by atoms with Crippen molar-refractivity contribution in [3.8, 4) is 0 Å². The highest BCUT2D eigenvalue weighted by atomic mass is 35.5. The number of rotatable bonds is 3. The number of nitrogens with one attached hydrogen (secondary N) is 1.